The molecule has 0 amide bonds. The van der Waals surface area contributed by atoms with Gasteiger partial charge in [0.2, 0.25) is 0 Å². The molecule has 1 aromatic carbocycles. The van der Waals surface area contributed by atoms with Crippen molar-refractivity contribution in [3.05, 3.63) is 17.7 Å². The second-order valence-electron chi connectivity index (χ2n) is 3.90. The van der Waals surface area contributed by atoms with Crippen molar-refractivity contribution in [2.24, 2.45) is 5.10 Å². The minimum Gasteiger partial charge on any atom is -0.375 e. The van der Waals surface area contributed by atoms with Crippen LogP contribution in [-0.4, -0.2) is 16.5 Å². The fourth-order valence-corrected chi connectivity index (χ4v) is 2.76. The number of ketones is 1. The molecule has 86 valence electrons. The van der Waals surface area contributed by atoms with Gasteiger partial charge in [-0.3, -0.25) is 10.2 Å². The number of carbonyl (C=O) groups is 1. The van der Waals surface area contributed by atoms with Crippen LogP contribution in [-0.2, 0) is 11.2 Å². The fourth-order valence-electron chi connectivity index (χ4n) is 1.88. The summed E-state index contributed by atoms with van der Waals surface area (Å²) in [6.07, 6.45) is 0.538. The maximum absolute atomic E-state index is 11.3. The van der Waals surface area contributed by atoms with E-state index in [2.05, 4.69) is 15.5 Å². The third kappa shape index (κ3) is 1.57. The highest BCUT2D eigenvalue weighted by Crippen LogP contribution is 2.34. The van der Waals surface area contributed by atoms with Crippen LogP contribution >= 0.6 is 11.3 Å². The molecule has 0 saturated heterocycles. The Balaban J connectivity index is 2.18. The molecule has 5 nitrogen and oxygen atoms in total. The second kappa shape index (κ2) is 3.53. The van der Waals surface area contributed by atoms with Gasteiger partial charge in [-0.25, -0.2) is 4.98 Å². The molecule has 17 heavy (non-hydrogen) atoms. The number of anilines is 2. The normalized spacial score (nSPS) is 14.1. The van der Waals surface area contributed by atoms with Crippen LogP contribution in [0.15, 0.2) is 17.2 Å². The molecule has 2 aromatic rings. The SMILES string of the molecule is CC(=O)C1=NNc2ccc3nc(N)sc3c2C1. The number of hydrogen-bond acceptors (Lipinski definition) is 6. The summed E-state index contributed by atoms with van der Waals surface area (Å²) in [5, 5.41) is 4.60. The number of nitrogens with zero attached hydrogens (tertiary/aromatic N) is 2. The molecule has 3 rings (SSSR count). The van der Waals surface area contributed by atoms with Crippen LogP contribution in [0.3, 0.4) is 0 Å². The van der Waals surface area contributed by atoms with E-state index in [1.54, 1.807) is 0 Å². The van der Waals surface area contributed by atoms with Crippen LogP contribution in [0.5, 0.6) is 0 Å². The van der Waals surface area contributed by atoms with E-state index in [4.69, 9.17) is 5.73 Å². The largest absolute Gasteiger partial charge is 0.375 e. The van der Waals surface area contributed by atoms with Crippen LogP contribution in [0.1, 0.15) is 12.5 Å². The Morgan fingerprint density at radius 3 is 3.12 bits per heavy atom. The van der Waals surface area contributed by atoms with Crippen LogP contribution < -0.4 is 11.2 Å². The lowest BCUT2D eigenvalue weighted by molar-refractivity contribution is -0.111. The van der Waals surface area contributed by atoms with E-state index in [1.165, 1.54) is 18.3 Å². The first-order valence-corrected chi connectivity index (χ1v) is 5.98. The third-order valence-electron chi connectivity index (χ3n) is 2.74. The minimum absolute atomic E-state index is 0.0161. The van der Waals surface area contributed by atoms with Gasteiger partial charge in [-0.1, -0.05) is 11.3 Å². The number of aromatic nitrogens is 1. The number of nitrogens with two attached hydrogens (primary N) is 1. The molecule has 6 heteroatoms. The lowest BCUT2D eigenvalue weighted by atomic mass is 10.0. The second-order valence-corrected chi connectivity index (χ2v) is 4.93. The zero-order valence-corrected chi connectivity index (χ0v) is 9.97. The van der Waals surface area contributed by atoms with E-state index in [1.807, 2.05) is 12.1 Å². The van der Waals surface area contributed by atoms with Crippen LogP contribution in [0.25, 0.3) is 10.2 Å². The van der Waals surface area contributed by atoms with Gasteiger partial charge in [0.15, 0.2) is 10.9 Å². The predicted molar refractivity (Wildman–Crippen MR) is 69.5 cm³/mol. The predicted octanol–water partition coefficient (Wildman–Crippen LogP) is 1.79. The standard InChI is InChI=1S/C11H10N4OS/c1-5(16)9-4-6-7(14-15-9)2-3-8-10(6)17-11(12)13-8/h2-3,14H,4H2,1H3,(H2,12,13). The molecule has 0 saturated carbocycles. The highest BCUT2D eigenvalue weighted by atomic mass is 32.1. The number of benzene rings is 1. The Labute approximate surface area is 101 Å². The van der Waals surface area contributed by atoms with Gasteiger partial charge in [0.1, 0.15) is 5.71 Å². The Bertz CT molecular complexity index is 659. The maximum atomic E-state index is 11.3. The van der Waals surface area contributed by atoms with Gasteiger partial charge in [0.25, 0.3) is 0 Å². The van der Waals surface area contributed by atoms with Crippen molar-refractivity contribution in [1.29, 1.82) is 0 Å². The first-order valence-electron chi connectivity index (χ1n) is 5.16. The average Bonchev–Trinajstić information content (AvgIpc) is 2.69. The summed E-state index contributed by atoms with van der Waals surface area (Å²) in [5.74, 6) is -0.0161. The van der Waals surface area contributed by atoms with Crippen LogP contribution in [0.2, 0.25) is 0 Å². The number of hydrazone groups is 1. The molecular formula is C11H10N4OS. The van der Waals surface area contributed by atoms with Gasteiger partial charge in [-0.15, -0.1) is 0 Å². The third-order valence-corrected chi connectivity index (χ3v) is 3.70. The molecule has 0 fully saturated rings. The van der Waals surface area contributed by atoms with Gasteiger partial charge in [-0.2, -0.15) is 5.10 Å². The zero-order valence-electron chi connectivity index (χ0n) is 9.15. The molecule has 0 aliphatic carbocycles. The van der Waals surface area contributed by atoms with E-state index >= 15 is 0 Å². The summed E-state index contributed by atoms with van der Waals surface area (Å²) in [4.78, 5) is 15.6. The smallest absolute Gasteiger partial charge is 0.181 e. The lowest BCUT2D eigenvalue weighted by Gasteiger charge is -2.15. The van der Waals surface area contributed by atoms with Gasteiger partial charge in [0.05, 0.1) is 15.9 Å². The molecule has 1 aromatic heterocycles. The molecule has 0 atom stereocenters. The Hall–Kier alpha value is -1.95. The number of rotatable bonds is 1. The summed E-state index contributed by atoms with van der Waals surface area (Å²) in [7, 11) is 0. The lowest BCUT2D eigenvalue weighted by Crippen LogP contribution is -2.20. The highest BCUT2D eigenvalue weighted by Gasteiger charge is 2.19. The Morgan fingerprint density at radius 2 is 2.35 bits per heavy atom. The van der Waals surface area contributed by atoms with Crippen LogP contribution in [0.4, 0.5) is 10.8 Å². The van der Waals surface area contributed by atoms with Crippen molar-refractivity contribution in [2.45, 2.75) is 13.3 Å². The van der Waals surface area contributed by atoms with Crippen molar-refractivity contribution < 1.29 is 4.79 Å². The number of Topliss-reactive ketones (excluding diaryl/α,β-unsaturated/α-hetero) is 1. The molecule has 0 radical (unpaired) electrons. The summed E-state index contributed by atoms with van der Waals surface area (Å²) in [5.41, 5.74) is 12.0. The monoisotopic (exact) mass is 246 g/mol. The molecule has 1 aliphatic rings. The van der Waals surface area contributed by atoms with Crippen LogP contribution in [0, 0.1) is 0 Å². The number of carbonyl (C=O) groups excluding carboxylic acids is 1. The van der Waals surface area contributed by atoms with Gasteiger partial charge >= 0.3 is 0 Å². The summed E-state index contributed by atoms with van der Waals surface area (Å²) >= 11 is 1.44. The summed E-state index contributed by atoms with van der Waals surface area (Å²) < 4.78 is 1.03. The number of nitrogens with one attached hydrogen (secondary N) is 1. The van der Waals surface area contributed by atoms with Crippen molar-refractivity contribution >= 4 is 43.9 Å². The number of nitrogen functional groups attached to an aromatic ring is 1. The molecule has 2 heterocycles. The molecule has 0 unspecified atom stereocenters. The van der Waals surface area contributed by atoms with Crippen molar-refractivity contribution in [3.63, 3.8) is 0 Å². The quantitative estimate of drug-likeness (QED) is 0.803. The topological polar surface area (TPSA) is 80.4 Å². The van der Waals surface area contributed by atoms with E-state index in [9.17, 15) is 4.79 Å². The zero-order chi connectivity index (χ0) is 12.0. The Kier molecular flexibility index (Phi) is 2.12. The average molecular weight is 246 g/mol. The maximum Gasteiger partial charge on any atom is 0.181 e. The van der Waals surface area contributed by atoms with E-state index in [-0.39, 0.29) is 5.78 Å². The van der Waals surface area contributed by atoms with Crippen molar-refractivity contribution in [3.8, 4) is 0 Å². The van der Waals surface area contributed by atoms with E-state index < -0.39 is 0 Å². The molecular weight excluding hydrogens is 236 g/mol. The minimum atomic E-state index is -0.0161. The number of thiazole rings is 1. The first kappa shape index (κ1) is 10.2. The fraction of sp³-hybridized carbons (Fsp3) is 0.182. The summed E-state index contributed by atoms with van der Waals surface area (Å²) in [6.45, 7) is 1.52. The van der Waals surface area contributed by atoms with Gasteiger partial charge in [0, 0.05) is 18.9 Å². The molecule has 3 N–H and O–H groups in total. The highest BCUT2D eigenvalue weighted by molar-refractivity contribution is 7.22. The molecule has 1 aliphatic heterocycles. The number of hydrogen-bond donors (Lipinski definition) is 2. The molecule has 0 bridgehead atoms. The summed E-state index contributed by atoms with van der Waals surface area (Å²) in [6, 6.07) is 3.82. The van der Waals surface area contributed by atoms with Gasteiger partial charge < -0.3 is 5.73 Å². The number of fused-ring (bicyclic) bond motifs is 3. The first-order chi connectivity index (χ1) is 8.15. The van der Waals surface area contributed by atoms with Crippen molar-refractivity contribution in [2.75, 3.05) is 11.2 Å². The molecule has 0 spiro atoms. The Morgan fingerprint density at radius 1 is 1.53 bits per heavy atom. The van der Waals surface area contributed by atoms with E-state index in [0.717, 1.165) is 21.5 Å². The van der Waals surface area contributed by atoms with Gasteiger partial charge in [-0.05, 0) is 12.1 Å². The van der Waals surface area contributed by atoms with Crippen molar-refractivity contribution in [1.82, 2.24) is 4.98 Å². The van der Waals surface area contributed by atoms with E-state index in [0.29, 0.717) is 17.3 Å².